The summed E-state index contributed by atoms with van der Waals surface area (Å²) >= 11 is 0. The second-order valence-electron chi connectivity index (χ2n) is 4.53. The molecule has 2 N–H and O–H groups in total. The van der Waals surface area contributed by atoms with E-state index in [1.54, 1.807) is 0 Å². The molecule has 0 aliphatic heterocycles. The minimum Gasteiger partial charge on any atom is -0.328 e. The van der Waals surface area contributed by atoms with E-state index in [0.29, 0.717) is 6.54 Å². The fourth-order valence-electron chi connectivity index (χ4n) is 1.70. The molecule has 2 rings (SSSR count). The first-order valence-corrected chi connectivity index (χ1v) is 5.43. The molecule has 0 spiro atoms. The maximum absolute atomic E-state index is 5.80. The van der Waals surface area contributed by atoms with Crippen LogP contribution >= 0.6 is 0 Å². The number of imidazole rings is 1. The van der Waals surface area contributed by atoms with Gasteiger partial charge < -0.3 is 10.3 Å². The highest BCUT2D eigenvalue weighted by Gasteiger charge is 2.20. The maximum atomic E-state index is 5.80. The summed E-state index contributed by atoms with van der Waals surface area (Å²) in [5.74, 6) is 0. The highest BCUT2D eigenvalue weighted by Crippen LogP contribution is 2.24. The number of nitrogens with zero attached hydrogens (tertiary/aromatic N) is 2. The van der Waals surface area contributed by atoms with E-state index in [-0.39, 0.29) is 5.54 Å². The quantitative estimate of drug-likeness (QED) is 0.853. The van der Waals surface area contributed by atoms with Crippen molar-refractivity contribution in [3.8, 4) is 11.3 Å². The summed E-state index contributed by atoms with van der Waals surface area (Å²) in [5.41, 5.74) is 7.96. The summed E-state index contributed by atoms with van der Waals surface area (Å²) in [6.07, 6.45) is 3.72. The molecule has 0 saturated carbocycles. The van der Waals surface area contributed by atoms with Crippen LogP contribution in [0.4, 0.5) is 0 Å². The molecule has 3 nitrogen and oxygen atoms in total. The molecular formula is C13H17N3. The number of benzene rings is 1. The summed E-state index contributed by atoms with van der Waals surface area (Å²) in [5, 5.41) is 0. The Morgan fingerprint density at radius 2 is 1.94 bits per heavy atom. The highest BCUT2D eigenvalue weighted by molar-refractivity contribution is 5.58. The number of hydrogen-bond acceptors (Lipinski definition) is 2. The third kappa shape index (κ3) is 1.86. The van der Waals surface area contributed by atoms with Gasteiger partial charge in [0.15, 0.2) is 0 Å². The van der Waals surface area contributed by atoms with Crippen LogP contribution in [0.1, 0.15) is 13.8 Å². The molecule has 0 radical (unpaired) electrons. The molecule has 16 heavy (non-hydrogen) atoms. The van der Waals surface area contributed by atoms with Crippen LogP contribution in [0.3, 0.4) is 0 Å². The molecular weight excluding hydrogens is 198 g/mol. The summed E-state index contributed by atoms with van der Waals surface area (Å²) in [6, 6.07) is 10.2. The van der Waals surface area contributed by atoms with Crippen LogP contribution in [0, 0.1) is 0 Å². The highest BCUT2D eigenvalue weighted by atomic mass is 15.1. The zero-order valence-electron chi connectivity index (χ0n) is 9.72. The van der Waals surface area contributed by atoms with E-state index < -0.39 is 0 Å². The molecule has 0 saturated heterocycles. The Hall–Kier alpha value is -1.61. The zero-order valence-corrected chi connectivity index (χ0v) is 9.72. The molecule has 3 heteroatoms. The van der Waals surface area contributed by atoms with Crippen molar-refractivity contribution in [3.63, 3.8) is 0 Å². The molecule has 84 valence electrons. The van der Waals surface area contributed by atoms with E-state index in [0.717, 1.165) is 5.69 Å². The first kappa shape index (κ1) is 10.9. The monoisotopic (exact) mass is 215 g/mol. The van der Waals surface area contributed by atoms with Crippen LogP contribution in [-0.2, 0) is 5.54 Å². The molecule has 0 bridgehead atoms. The molecule has 0 aliphatic rings. The molecule has 0 aliphatic carbocycles. The Bertz CT molecular complexity index is 457. The minimum absolute atomic E-state index is 0.109. The van der Waals surface area contributed by atoms with Gasteiger partial charge in [-0.3, -0.25) is 0 Å². The van der Waals surface area contributed by atoms with Crippen molar-refractivity contribution in [2.24, 2.45) is 5.73 Å². The van der Waals surface area contributed by atoms with Crippen LogP contribution in [0.5, 0.6) is 0 Å². The normalized spacial score (nSPS) is 11.7. The molecule has 1 heterocycles. The molecule has 0 amide bonds. The Kier molecular flexibility index (Phi) is 2.79. The van der Waals surface area contributed by atoms with Gasteiger partial charge in [-0.05, 0) is 19.4 Å². The van der Waals surface area contributed by atoms with E-state index in [1.807, 2.05) is 30.7 Å². The van der Waals surface area contributed by atoms with Gasteiger partial charge in [0.2, 0.25) is 0 Å². The van der Waals surface area contributed by atoms with Gasteiger partial charge >= 0.3 is 0 Å². The van der Waals surface area contributed by atoms with Crippen LogP contribution in [0.15, 0.2) is 42.9 Å². The van der Waals surface area contributed by atoms with Crippen molar-refractivity contribution in [2.75, 3.05) is 6.54 Å². The predicted molar refractivity (Wildman–Crippen MR) is 66.0 cm³/mol. The van der Waals surface area contributed by atoms with Gasteiger partial charge in [-0.15, -0.1) is 0 Å². The van der Waals surface area contributed by atoms with E-state index >= 15 is 0 Å². The van der Waals surface area contributed by atoms with Gasteiger partial charge in [-0.1, -0.05) is 30.3 Å². The lowest BCUT2D eigenvalue weighted by molar-refractivity contribution is 0.370. The lowest BCUT2D eigenvalue weighted by Gasteiger charge is -2.26. The average Bonchev–Trinajstić information content (AvgIpc) is 2.80. The van der Waals surface area contributed by atoms with Crippen LogP contribution in [0.25, 0.3) is 11.3 Å². The predicted octanol–water partition coefficient (Wildman–Crippen LogP) is 2.24. The largest absolute Gasteiger partial charge is 0.328 e. The van der Waals surface area contributed by atoms with Gasteiger partial charge in [0.25, 0.3) is 0 Å². The minimum atomic E-state index is -0.109. The lowest BCUT2D eigenvalue weighted by Crippen LogP contribution is -2.34. The Balaban J connectivity index is 2.49. The third-order valence-electron chi connectivity index (χ3n) is 2.86. The van der Waals surface area contributed by atoms with Crippen molar-refractivity contribution >= 4 is 0 Å². The van der Waals surface area contributed by atoms with Gasteiger partial charge in [-0.25, -0.2) is 4.98 Å². The van der Waals surface area contributed by atoms with Crippen LogP contribution < -0.4 is 5.73 Å². The second-order valence-corrected chi connectivity index (χ2v) is 4.53. The maximum Gasteiger partial charge on any atom is 0.0956 e. The molecule has 0 fully saturated rings. The zero-order chi connectivity index (χ0) is 11.6. The van der Waals surface area contributed by atoms with E-state index in [2.05, 4.69) is 35.5 Å². The van der Waals surface area contributed by atoms with Gasteiger partial charge in [0.1, 0.15) is 0 Å². The van der Waals surface area contributed by atoms with E-state index in [4.69, 9.17) is 5.73 Å². The summed E-state index contributed by atoms with van der Waals surface area (Å²) < 4.78 is 2.13. The lowest BCUT2D eigenvalue weighted by atomic mass is 10.0. The first-order valence-electron chi connectivity index (χ1n) is 5.43. The average molecular weight is 215 g/mol. The van der Waals surface area contributed by atoms with Gasteiger partial charge in [-0.2, -0.15) is 0 Å². The van der Waals surface area contributed by atoms with Crippen LogP contribution in [-0.4, -0.2) is 16.1 Å². The number of aromatic nitrogens is 2. The molecule has 1 aromatic heterocycles. The summed E-state index contributed by atoms with van der Waals surface area (Å²) in [4.78, 5) is 4.22. The van der Waals surface area contributed by atoms with Crippen molar-refractivity contribution in [1.82, 2.24) is 9.55 Å². The topological polar surface area (TPSA) is 43.8 Å². The van der Waals surface area contributed by atoms with Gasteiger partial charge in [0.05, 0.1) is 23.8 Å². The van der Waals surface area contributed by atoms with E-state index in [9.17, 15) is 0 Å². The smallest absolute Gasteiger partial charge is 0.0956 e. The van der Waals surface area contributed by atoms with Gasteiger partial charge in [0, 0.05) is 6.54 Å². The molecule has 0 atom stereocenters. The third-order valence-corrected chi connectivity index (χ3v) is 2.86. The second kappa shape index (κ2) is 4.10. The number of rotatable bonds is 3. The molecule has 0 unspecified atom stereocenters. The Labute approximate surface area is 95.9 Å². The summed E-state index contributed by atoms with van der Waals surface area (Å²) in [7, 11) is 0. The molecule has 1 aromatic carbocycles. The van der Waals surface area contributed by atoms with Crippen molar-refractivity contribution in [3.05, 3.63) is 42.9 Å². The number of nitrogens with two attached hydrogens (primary N) is 1. The fourth-order valence-corrected chi connectivity index (χ4v) is 1.70. The van der Waals surface area contributed by atoms with E-state index in [1.165, 1.54) is 5.56 Å². The SMILES string of the molecule is CC(C)(CN)n1cncc1-c1ccccc1. The van der Waals surface area contributed by atoms with Crippen LogP contribution in [0.2, 0.25) is 0 Å². The summed E-state index contributed by atoms with van der Waals surface area (Å²) in [6.45, 7) is 4.81. The van der Waals surface area contributed by atoms with Crippen molar-refractivity contribution in [2.45, 2.75) is 19.4 Å². The Morgan fingerprint density at radius 3 is 2.56 bits per heavy atom. The first-order chi connectivity index (χ1) is 7.65. The Morgan fingerprint density at radius 1 is 1.25 bits per heavy atom. The standard InChI is InChI=1S/C13H17N3/c1-13(2,9-14)16-10-15-8-12(16)11-6-4-3-5-7-11/h3-8,10H,9,14H2,1-2H3. The van der Waals surface area contributed by atoms with Crippen molar-refractivity contribution < 1.29 is 0 Å². The van der Waals surface area contributed by atoms with Crippen molar-refractivity contribution in [1.29, 1.82) is 0 Å². The number of hydrogen-bond donors (Lipinski definition) is 1. The fraction of sp³-hybridized carbons (Fsp3) is 0.308. The molecule has 2 aromatic rings.